The van der Waals surface area contributed by atoms with Gasteiger partial charge in [-0.2, -0.15) is 0 Å². The third-order valence-corrected chi connectivity index (χ3v) is 3.38. The molecule has 1 aromatic heterocycles. The third kappa shape index (κ3) is 2.05. The zero-order chi connectivity index (χ0) is 13.6. The molecule has 2 aromatic rings. The molecular formula is C14H14FN3O. The fourth-order valence-corrected chi connectivity index (χ4v) is 2.50. The molecule has 0 saturated carbocycles. The van der Waals surface area contributed by atoms with Crippen molar-refractivity contribution in [1.29, 1.82) is 0 Å². The second kappa shape index (κ2) is 3.98. The van der Waals surface area contributed by atoms with E-state index in [-0.39, 0.29) is 17.0 Å². The Bertz CT molecular complexity index is 643. The highest BCUT2D eigenvalue weighted by Crippen LogP contribution is 2.34. The summed E-state index contributed by atoms with van der Waals surface area (Å²) in [5, 5.41) is 8.01. The minimum Gasteiger partial charge on any atom is -0.292 e. The van der Waals surface area contributed by atoms with Crippen LogP contribution in [0.2, 0.25) is 0 Å². The Balaban J connectivity index is 2.11. The molecule has 0 atom stereocenters. The van der Waals surface area contributed by atoms with Gasteiger partial charge in [0.25, 0.3) is 0 Å². The van der Waals surface area contributed by atoms with Gasteiger partial charge >= 0.3 is 0 Å². The normalized spacial score (nSPS) is 17.3. The van der Waals surface area contributed by atoms with E-state index in [2.05, 4.69) is 24.2 Å². The largest absolute Gasteiger partial charge is 0.292 e. The van der Waals surface area contributed by atoms with Crippen LogP contribution in [0.3, 0.4) is 0 Å². The number of halogens is 1. The first-order valence-corrected chi connectivity index (χ1v) is 6.20. The average molecular weight is 259 g/mol. The number of benzene rings is 1. The monoisotopic (exact) mass is 259 g/mol. The number of fused-ring (bicyclic) bond motifs is 1. The summed E-state index contributed by atoms with van der Waals surface area (Å²) in [7, 11) is 0. The Labute approximate surface area is 110 Å². The smallest absolute Gasteiger partial charge is 0.185 e. The van der Waals surface area contributed by atoms with E-state index in [1.54, 1.807) is 16.8 Å². The molecule has 0 radical (unpaired) electrons. The van der Waals surface area contributed by atoms with Gasteiger partial charge in [0.1, 0.15) is 5.82 Å². The molecule has 0 N–H and O–H groups in total. The lowest BCUT2D eigenvalue weighted by atomic mass is 9.77. The maximum Gasteiger partial charge on any atom is 0.185 e. The van der Waals surface area contributed by atoms with Crippen molar-refractivity contribution in [2.24, 2.45) is 5.41 Å². The van der Waals surface area contributed by atoms with E-state index < -0.39 is 0 Å². The van der Waals surface area contributed by atoms with Crippen molar-refractivity contribution in [2.75, 3.05) is 0 Å². The first kappa shape index (κ1) is 12.0. The molecule has 1 aliphatic rings. The summed E-state index contributed by atoms with van der Waals surface area (Å²) in [5.74, 6) is -0.270. The number of nitrogens with zero attached hydrogens (tertiary/aromatic N) is 3. The van der Waals surface area contributed by atoms with Gasteiger partial charge in [-0.25, -0.2) is 9.07 Å². The molecule has 4 nitrogen and oxygen atoms in total. The standard InChI is InChI=1S/C14H14FN3O/c1-14(2)7-11-13(12(19)8-14)16-17-18(11)10-5-3-9(15)4-6-10/h3-6H,7-8H2,1-2H3. The van der Waals surface area contributed by atoms with Crippen LogP contribution in [-0.2, 0) is 6.42 Å². The molecule has 0 saturated heterocycles. The summed E-state index contributed by atoms with van der Waals surface area (Å²) in [5.41, 5.74) is 1.89. The predicted molar refractivity (Wildman–Crippen MR) is 67.7 cm³/mol. The van der Waals surface area contributed by atoms with Gasteiger partial charge in [-0.1, -0.05) is 19.1 Å². The molecule has 0 amide bonds. The zero-order valence-corrected chi connectivity index (χ0v) is 10.9. The Morgan fingerprint density at radius 1 is 1.21 bits per heavy atom. The number of carbonyl (C=O) groups is 1. The van der Waals surface area contributed by atoms with Gasteiger partial charge < -0.3 is 0 Å². The van der Waals surface area contributed by atoms with Gasteiger partial charge in [0.05, 0.1) is 11.4 Å². The fraction of sp³-hybridized carbons (Fsp3) is 0.357. The summed E-state index contributed by atoms with van der Waals surface area (Å²) in [6.07, 6.45) is 1.22. The van der Waals surface area contributed by atoms with Crippen molar-refractivity contribution in [3.05, 3.63) is 41.5 Å². The lowest BCUT2D eigenvalue weighted by Crippen LogP contribution is -2.28. The number of hydrogen-bond acceptors (Lipinski definition) is 3. The van der Waals surface area contributed by atoms with Crippen molar-refractivity contribution in [2.45, 2.75) is 26.7 Å². The summed E-state index contributed by atoms with van der Waals surface area (Å²) in [6.45, 7) is 4.10. The predicted octanol–water partition coefficient (Wildman–Crippen LogP) is 2.56. The molecule has 3 rings (SSSR count). The molecule has 0 aliphatic heterocycles. The Kier molecular flexibility index (Phi) is 2.52. The SMILES string of the molecule is CC1(C)CC(=O)c2nnn(-c3ccc(F)cc3)c2C1. The minimum absolute atomic E-state index is 0.0274. The summed E-state index contributed by atoms with van der Waals surface area (Å²) in [6, 6.07) is 6.02. The Morgan fingerprint density at radius 2 is 1.89 bits per heavy atom. The van der Waals surface area contributed by atoms with Gasteiger partial charge in [-0.05, 0) is 36.1 Å². The van der Waals surface area contributed by atoms with E-state index in [1.165, 1.54) is 12.1 Å². The number of hydrogen-bond donors (Lipinski definition) is 0. The molecule has 98 valence electrons. The molecule has 1 heterocycles. The summed E-state index contributed by atoms with van der Waals surface area (Å²) in [4.78, 5) is 12.0. The molecule has 19 heavy (non-hydrogen) atoms. The third-order valence-electron chi connectivity index (χ3n) is 3.38. The van der Waals surface area contributed by atoms with Gasteiger partial charge in [0.15, 0.2) is 11.5 Å². The van der Waals surface area contributed by atoms with Gasteiger partial charge in [0.2, 0.25) is 0 Å². The molecule has 0 spiro atoms. The van der Waals surface area contributed by atoms with Crippen LogP contribution in [0.25, 0.3) is 5.69 Å². The van der Waals surface area contributed by atoms with E-state index in [9.17, 15) is 9.18 Å². The van der Waals surface area contributed by atoms with Crippen LogP contribution < -0.4 is 0 Å². The lowest BCUT2D eigenvalue weighted by molar-refractivity contribution is 0.0905. The fourth-order valence-electron chi connectivity index (χ4n) is 2.50. The lowest BCUT2D eigenvalue weighted by Gasteiger charge is -2.27. The maximum absolute atomic E-state index is 13.0. The van der Waals surface area contributed by atoms with Crippen LogP contribution >= 0.6 is 0 Å². The Hall–Kier alpha value is -2.04. The van der Waals surface area contributed by atoms with E-state index >= 15 is 0 Å². The summed E-state index contributed by atoms with van der Waals surface area (Å²) < 4.78 is 14.6. The first-order chi connectivity index (χ1) is 8.96. The molecule has 0 fully saturated rings. The quantitative estimate of drug-likeness (QED) is 0.790. The van der Waals surface area contributed by atoms with Crippen LogP contribution in [0.4, 0.5) is 4.39 Å². The van der Waals surface area contributed by atoms with Crippen LogP contribution in [0.15, 0.2) is 24.3 Å². The number of Topliss-reactive ketones (excluding diaryl/α,β-unsaturated/α-hetero) is 1. The minimum atomic E-state index is -0.297. The average Bonchev–Trinajstić information content (AvgIpc) is 2.72. The molecule has 0 bridgehead atoms. The number of ketones is 1. The Morgan fingerprint density at radius 3 is 2.58 bits per heavy atom. The van der Waals surface area contributed by atoms with Crippen molar-refractivity contribution in [1.82, 2.24) is 15.0 Å². The molecule has 0 unspecified atom stereocenters. The van der Waals surface area contributed by atoms with Crippen molar-refractivity contribution < 1.29 is 9.18 Å². The highest BCUT2D eigenvalue weighted by Gasteiger charge is 2.35. The second-order valence-electron chi connectivity index (χ2n) is 5.71. The van der Waals surface area contributed by atoms with Crippen LogP contribution in [0.1, 0.15) is 36.5 Å². The van der Waals surface area contributed by atoms with Crippen molar-refractivity contribution >= 4 is 5.78 Å². The number of carbonyl (C=O) groups excluding carboxylic acids is 1. The zero-order valence-electron chi connectivity index (χ0n) is 10.9. The van der Waals surface area contributed by atoms with E-state index in [0.717, 1.165) is 17.8 Å². The second-order valence-corrected chi connectivity index (χ2v) is 5.71. The highest BCUT2D eigenvalue weighted by molar-refractivity contribution is 5.96. The number of rotatable bonds is 1. The molecule has 5 heteroatoms. The van der Waals surface area contributed by atoms with E-state index in [1.807, 2.05) is 0 Å². The number of aromatic nitrogens is 3. The van der Waals surface area contributed by atoms with Crippen molar-refractivity contribution in [3.63, 3.8) is 0 Å². The van der Waals surface area contributed by atoms with Crippen LogP contribution in [0.5, 0.6) is 0 Å². The topological polar surface area (TPSA) is 47.8 Å². The van der Waals surface area contributed by atoms with Crippen molar-refractivity contribution in [3.8, 4) is 5.69 Å². The van der Waals surface area contributed by atoms with Crippen LogP contribution in [0, 0.1) is 11.2 Å². The van der Waals surface area contributed by atoms with E-state index in [0.29, 0.717) is 12.1 Å². The maximum atomic E-state index is 13.0. The summed E-state index contributed by atoms with van der Waals surface area (Å²) >= 11 is 0. The van der Waals surface area contributed by atoms with E-state index in [4.69, 9.17) is 0 Å². The van der Waals surface area contributed by atoms with Crippen LogP contribution in [-0.4, -0.2) is 20.8 Å². The molecule has 1 aliphatic carbocycles. The van der Waals surface area contributed by atoms with Gasteiger partial charge in [0, 0.05) is 6.42 Å². The van der Waals surface area contributed by atoms with Gasteiger partial charge in [-0.3, -0.25) is 4.79 Å². The highest BCUT2D eigenvalue weighted by atomic mass is 19.1. The van der Waals surface area contributed by atoms with Gasteiger partial charge in [-0.15, -0.1) is 5.10 Å². The molecular weight excluding hydrogens is 245 g/mol. The molecule has 1 aromatic carbocycles. The first-order valence-electron chi connectivity index (χ1n) is 6.20.